The zero-order valence-electron chi connectivity index (χ0n) is 18.3. The number of ether oxygens (including phenoxy) is 2. The molecule has 0 unspecified atom stereocenters. The number of nitrogens with two attached hydrogens (primary N) is 1. The maximum absolute atomic E-state index is 8.58. The Morgan fingerprint density at radius 2 is 1.68 bits per heavy atom. The van der Waals surface area contributed by atoms with E-state index in [9.17, 15) is 0 Å². The van der Waals surface area contributed by atoms with Crippen LogP contribution in [-0.2, 0) is 4.79 Å². The Balaban J connectivity index is 0.000000884. The Hall–Kier alpha value is -2.02. The molecule has 1 aromatic carbocycles. The van der Waals surface area contributed by atoms with Crippen molar-refractivity contribution in [1.82, 2.24) is 9.88 Å². The van der Waals surface area contributed by atoms with Gasteiger partial charge >= 0.3 is 0 Å². The van der Waals surface area contributed by atoms with Crippen LogP contribution in [0.2, 0.25) is 10.0 Å². The van der Waals surface area contributed by atoms with Gasteiger partial charge in [-0.3, -0.25) is 4.79 Å². The first-order chi connectivity index (χ1) is 15.1. The Kier molecular flexibility index (Phi) is 14.5. The number of rotatable bonds is 8. The third kappa shape index (κ3) is 11.8. The molecule has 1 amide bonds. The summed E-state index contributed by atoms with van der Waals surface area (Å²) in [5.74, 6) is 2.15. The third-order valence-corrected chi connectivity index (χ3v) is 5.05. The molecule has 8 heteroatoms. The summed E-state index contributed by atoms with van der Waals surface area (Å²) in [6, 6.07) is 11.2. The first-order valence-electron chi connectivity index (χ1n) is 10.6. The zero-order valence-corrected chi connectivity index (χ0v) is 19.8. The fraction of sp³-hybridized carbons (Fsp3) is 0.478. The smallest absolute Gasteiger partial charge is 0.213 e. The molecule has 0 spiro atoms. The van der Waals surface area contributed by atoms with Gasteiger partial charge in [-0.2, -0.15) is 0 Å². The van der Waals surface area contributed by atoms with Crippen molar-refractivity contribution >= 4 is 29.6 Å². The van der Waals surface area contributed by atoms with Crippen molar-refractivity contribution in [3.63, 3.8) is 0 Å². The van der Waals surface area contributed by atoms with E-state index >= 15 is 0 Å². The van der Waals surface area contributed by atoms with Crippen LogP contribution in [0.1, 0.15) is 33.1 Å². The van der Waals surface area contributed by atoms with Crippen LogP contribution < -0.4 is 15.2 Å². The molecule has 1 fully saturated rings. The van der Waals surface area contributed by atoms with E-state index in [1.165, 1.54) is 12.8 Å². The number of pyridine rings is 1. The second-order valence-corrected chi connectivity index (χ2v) is 7.58. The van der Waals surface area contributed by atoms with Crippen LogP contribution in [0, 0.1) is 5.92 Å². The molecule has 3 rings (SSSR count). The van der Waals surface area contributed by atoms with Crippen molar-refractivity contribution < 1.29 is 14.3 Å². The molecule has 2 aromatic rings. The highest BCUT2D eigenvalue weighted by molar-refractivity contribution is 6.30. The molecule has 1 saturated heterocycles. The van der Waals surface area contributed by atoms with Gasteiger partial charge in [0.2, 0.25) is 12.3 Å². The topological polar surface area (TPSA) is 77.7 Å². The normalized spacial score (nSPS) is 13.8. The minimum atomic E-state index is 0.250. The summed E-state index contributed by atoms with van der Waals surface area (Å²) in [6.45, 7) is 8.75. The monoisotopic (exact) mass is 469 g/mol. The molecule has 1 aromatic heterocycles. The Morgan fingerprint density at radius 1 is 1.06 bits per heavy atom. The van der Waals surface area contributed by atoms with Gasteiger partial charge in [0.1, 0.15) is 5.75 Å². The molecule has 0 radical (unpaired) electrons. The number of hydrogen-bond acceptors (Lipinski definition) is 5. The summed E-state index contributed by atoms with van der Waals surface area (Å²) < 4.78 is 11.5. The van der Waals surface area contributed by atoms with E-state index in [1.807, 2.05) is 38.1 Å². The van der Waals surface area contributed by atoms with Gasteiger partial charge in [-0.05, 0) is 68.6 Å². The molecule has 2 N–H and O–H groups in total. The minimum Gasteiger partial charge on any atom is -0.493 e. The molecule has 6 nitrogen and oxygen atoms in total. The molecule has 0 aliphatic carbocycles. The predicted octanol–water partition coefficient (Wildman–Crippen LogP) is 5.08. The Labute approximate surface area is 195 Å². The quantitative estimate of drug-likeness (QED) is 0.430. The lowest BCUT2D eigenvalue weighted by Gasteiger charge is -2.31. The van der Waals surface area contributed by atoms with Crippen LogP contribution in [0.25, 0.3) is 0 Å². The number of piperidine rings is 1. The largest absolute Gasteiger partial charge is 0.493 e. The fourth-order valence-electron chi connectivity index (χ4n) is 3.03. The number of amides is 1. The van der Waals surface area contributed by atoms with Crippen LogP contribution in [-0.4, -0.2) is 49.1 Å². The van der Waals surface area contributed by atoms with E-state index in [1.54, 1.807) is 18.3 Å². The molecule has 1 aliphatic rings. The van der Waals surface area contributed by atoms with Gasteiger partial charge < -0.3 is 20.1 Å². The first-order valence-corrected chi connectivity index (χ1v) is 11.4. The summed E-state index contributed by atoms with van der Waals surface area (Å²) >= 11 is 11.7. The summed E-state index contributed by atoms with van der Waals surface area (Å²) in [7, 11) is 0. The molecule has 2 heterocycles. The summed E-state index contributed by atoms with van der Waals surface area (Å²) in [4.78, 5) is 15.2. The summed E-state index contributed by atoms with van der Waals surface area (Å²) in [6.07, 6.45) is 5.20. The number of likely N-dealkylation sites (tertiary alicyclic amines) is 1. The SMILES string of the molecule is CC.Clc1ccc(OCC2CCN(CCCOc3ccc(Cl)cn3)CC2)cc1.NC=O. The molecule has 31 heavy (non-hydrogen) atoms. The fourth-order valence-corrected chi connectivity index (χ4v) is 3.27. The third-order valence-electron chi connectivity index (χ3n) is 4.58. The van der Waals surface area contributed by atoms with E-state index in [0.29, 0.717) is 23.4 Å². The van der Waals surface area contributed by atoms with Gasteiger partial charge in [0.05, 0.1) is 18.2 Å². The van der Waals surface area contributed by atoms with Gasteiger partial charge in [0, 0.05) is 23.8 Å². The number of carbonyl (C=O) groups excluding carboxylic acids is 1. The minimum absolute atomic E-state index is 0.250. The highest BCUT2D eigenvalue weighted by atomic mass is 35.5. The first kappa shape index (κ1) is 27.0. The average Bonchev–Trinajstić information content (AvgIpc) is 2.80. The second-order valence-electron chi connectivity index (χ2n) is 6.70. The lowest BCUT2D eigenvalue weighted by Crippen LogP contribution is -2.36. The number of nitrogens with zero attached hydrogens (tertiary/aromatic N) is 2. The van der Waals surface area contributed by atoms with Crippen molar-refractivity contribution in [2.75, 3.05) is 32.8 Å². The molecule has 0 atom stereocenters. The van der Waals surface area contributed by atoms with Crippen molar-refractivity contribution in [2.45, 2.75) is 33.1 Å². The molecule has 0 saturated carbocycles. The van der Waals surface area contributed by atoms with Crippen molar-refractivity contribution in [3.8, 4) is 11.6 Å². The maximum atomic E-state index is 8.58. The molecular weight excluding hydrogens is 437 g/mol. The van der Waals surface area contributed by atoms with Crippen molar-refractivity contribution in [2.24, 2.45) is 11.7 Å². The number of benzene rings is 1. The van der Waals surface area contributed by atoms with Crippen LogP contribution in [0.4, 0.5) is 0 Å². The van der Waals surface area contributed by atoms with Crippen LogP contribution in [0.15, 0.2) is 42.6 Å². The maximum Gasteiger partial charge on any atom is 0.213 e. The molecule has 172 valence electrons. The Morgan fingerprint density at radius 3 is 2.26 bits per heavy atom. The van der Waals surface area contributed by atoms with Gasteiger partial charge in [0.15, 0.2) is 0 Å². The van der Waals surface area contributed by atoms with E-state index in [-0.39, 0.29) is 6.41 Å². The van der Waals surface area contributed by atoms with Gasteiger partial charge in [-0.25, -0.2) is 4.98 Å². The average molecular weight is 470 g/mol. The van der Waals surface area contributed by atoms with Crippen LogP contribution in [0.5, 0.6) is 11.6 Å². The van der Waals surface area contributed by atoms with Crippen LogP contribution >= 0.6 is 23.2 Å². The lowest BCUT2D eigenvalue weighted by atomic mass is 9.98. The molecule has 0 bridgehead atoms. The summed E-state index contributed by atoms with van der Waals surface area (Å²) in [5, 5.41) is 1.36. The van der Waals surface area contributed by atoms with Crippen molar-refractivity contribution in [1.29, 1.82) is 0 Å². The highest BCUT2D eigenvalue weighted by Crippen LogP contribution is 2.21. The number of halogens is 2. The Bertz CT molecular complexity index is 707. The highest BCUT2D eigenvalue weighted by Gasteiger charge is 2.19. The van der Waals surface area contributed by atoms with E-state index in [0.717, 1.165) is 43.4 Å². The number of carbonyl (C=O) groups is 1. The number of aromatic nitrogens is 1. The standard InChI is InChI=1S/C20H24Cl2N2O2.C2H6.CH3NO/c21-17-2-5-19(6-3-17)26-15-16-8-11-24(12-9-16)10-1-13-25-20-7-4-18(22)14-23-20;1-2;2-1-3/h2-7,14,16H,1,8-13,15H2;1-2H3;1H,(H2,2,3). The predicted molar refractivity (Wildman–Crippen MR) is 127 cm³/mol. The van der Waals surface area contributed by atoms with Gasteiger partial charge in [0.25, 0.3) is 0 Å². The van der Waals surface area contributed by atoms with E-state index < -0.39 is 0 Å². The molecular formula is C23H33Cl2N3O3. The lowest BCUT2D eigenvalue weighted by molar-refractivity contribution is -0.106. The second kappa shape index (κ2) is 16.6. The van der Waals surface area contributed by atoms with Crippen molar-refractivity contribution in [3.05, 3.63) is 52.6 Å². The van der Waals surface area contributed by atoms with E-state index in [4.69, 9.17) is 37.5 Å². The van der Waals surface area contributed by atoms with Gasteiger partial charge in [-0.15, -0.1) is 0 Å². The van der Waals surface area contributed by atoms with Crippen LogP contribution in [0.3, 0.4) is 0 Å². The number of hydrogen-bond donors (Lipinski definition) is 1. The van der Waals surface area contributed by atoms with Gasteiger partial charge in [-0.1, -0.05) is 37.0 Å². The zero-order chi connectivity index (χ0) is 22.9. The van der Waals surface area contributed by atoms with E-state index in [2.05, 4.69) is 15.6 Å². The number of primary amides is 1. The molecule has 1 aliphatic heterocycles. The summed E-state index contributed by atoms with van der Waals surface area (Å²) in [5.41, 5.74) is 4.17.